The van der Waals surface area contributed by atoms with E-state index in [0.29, 0.717) is 15.7 Å². The number of carbonyl (C=O) groups is 1. The Morgan fingerprint density at radius 2 is 1.78 bits per heavy atom. The number of hydrogen-bond acceptors (Lipinski definition) is 3. The van der Waals surface area contributed by atoms with Gasteiger partial charge >= 0.3 is 0 Å². The van der Waals surface area contributed by atoms with Gasteiger partial charge in [0.1, 0.15) is 0 Å². The Labute approximate surface area is 143 Å². The van der Waals surface area contributed by atoms with E-state index in [2.05, 4.69) is 32.5 Å². The highest BCUT2D eigenvalue weighted by molar-refractivity contribution is 9.10. The van der Waals surface area contributed by atoms with Gasteiger partial charge in [-0.1, -0.05) is 18.2 Å². The average Bonchev–Trinajstić information content (AvgIpc) is 2.54. The van der Waals surface area contributed by atoms with Crippen molar-refractivity contribution in [2.75, 3.05) is 11.9 Å². The normalized spacial score (nSPS) is 11.0. The summed E-state index contributed by atoms with van der Waals surface area (Å²) in [5.74, 6) is -0.280. The first-order chi connectivity index (χ1) is 10.9. The zero-order valence-electron chi connectivity index (χ0n) is 12.1. The lowest BCUT2D eigenvalue weighted by molar-refractivity contribution is 0.102. The molecule has 0 saturated heterocycles. The number of nitrogens with one attached hydrogen (secondary N) is 2. The molecule has 7 heteroatoms. The van der Waals surface area contributed by atoms with E-state index in [9.17, 15) is 13.2 Å². The molecular formula is C16H15BrN2O3S. The molecule has 0 aromatic heterocycles. The molecule has 0 bridgehead atoms. The smallest absolute Gasteiger partial charge is 0.256 e. The van der Waals surface area contributed by atoms with Gasteiger partial charge in [0, 0.05) is 16.7 Å². The molecule has 5 nitrogen and oxygen atoms in total. The first kappa shape index (κ1) is 17.4. The third-order valence-electron chi connectivity index (χ3n) is 2.96. The van der Waals surface area contributed by atoms with E-state index < -0.39 is 10.0 Å². The van der Waals surface area contributed by atoms with Crippen LogP contribution in [0.5, 0.6) is 0 Å². The number of hydrogen-bond donors (Lipinski definition) is 2. The van der Waals surface area contributed by atoms with Crippen molar-refractivity contribution in [1.82, 2.24) is 4.72 Å². The van der Waals surface area contributed by atoms with Gasteiger partial charge in [-0.15, -0.1) is 6.58 Å². The number of anilines is 1. The maximum Gasteiger partial charge on any atom is 0.256 e. The van der Waals surface area contributed by atoms with Crippen molar-refractivity contribution in [3.05, 3.63) is 71.2 Å². The highest BCUT2D eigenvalue weighted by atomic mass is 79.9. The SMILES string of the molecule is C=CCNS(=O)(=O)c1ccc(NC(=O)c2ccccc2Br)cc1. The van der Waals surface area contributed by atoms with Gasteiger partial charge < -0.3 is 5.32 Å². The van der Waals surface area contributed by atoms with Crippen molar-refractivity contribution in [2.24, 2.45) is 0 Å². The predicted octanol–water partition coefficient (Wildman–Crippen LogP) is 3.17. The van der Waals surface area contributed by atoms with E-state index in [0.717, 1.165) is 0 Å². The molecule has 0 aliphatic rings. The van der Waals surface area contributed by atoms with Gasteiger partial charge in [-0.05, 0) is 52.3 Å². The van der Waals surface area contributed by atoms with E-state index in [4.69, 9.17) is 0 Å². The molecule has 2 aromatic rings. The van der Waals surface area contributed by atoms with Crippen LogP contribution in [-0.2, 0) is 10.0 Å². The monoisotopic (exact) mass is 394 g/mol. The summed E-state index contributed by atoms with van der Waals surface area (Å²) in [6.45, 7) is 3.62. The second-order valence-corrected chi connectivity index (χ2v) is 7.22. The zero-order chi connectivity index (χ0) is 16.9. The fraction of sp³-hybridized carbons (Fsp3) is 0.0625. The number of amides is 1. The summed E-state index contributed by atoms with van der Waals surface area (Å²) in [6.07, 6.45) is 1.46. The fourth-order valence-electron chi connectivity index (χ4n) is 1.81. The molecule has 0 radical (unpaired) electrons. The van der Waals surface area contributed by atoms with Gasteiger partial charge in [0.25, 0.3) is 5.91 Å². The topological polar surface area (TPSA) is 75.3 Å². The van der Waals surface area contributed by atoms with Crippen molar-refractivity contribution in [3.63, 3.8) is 0 Å². The highest BCUT2D eigenvalue weighted by Gasteiger charge is 2.13. The summed E-state index contributed by atoms with van der Waals surface area (Å²) in [5, 5.41) is 2.72. The van der Waals surface area contributed by atoms with Gasteiger partial charge in [-0.25, -0.2) is 13.1 Å². The Morgan fingerprint density at radius 1 is 1.13 bits per heavy atom. The van der Waals surface area contributed by atoms with E-state index in [1.54, 1.807) is 18.2 Å². The quantitative estimate of drug-likeness (QED) is 0.738. The van der Waals surface area contributed by atoms with Crippen LogP contribution >= 0.6 is 15.9 Å². The second kappa shape index (κ2) is 7.54. The lowest BCUT2D eigenvalue weighted by Crippen LogP contribution is -2.23. The van der Waals surface area contributed by atoms with Crippen molar-refractivity contribution in [2.45, 2.75) is 4.90 Å². The van der Waals surface area contributed by atoms with E-state index >= 15 is 0 Å². The van der Waals surface area contributed by atoms with Crippen LogP contribution in [0.2, 0.25) is 0 Å². The molecule has 0 atom stereocenters. The van der Waals surface area contributed by atoms with Crippen LogP contribution in [0.1, 0.15) is 10.4 Å². The Morgan fingerprint density at radius 3 is 2.39 bits per heavy atom. The Hall–Kier alpha value is -1.96. The number of sulfonamides is 1. The van der Waals surface area contributed by atoms with Crippen LogP contribution in [0, 0.1) is 0 Å². The van der Waals surface area contributed by atoms with Crippen molar-refractivity contribution in [3.8, 4) is 0 Å². The minimum Gasteiger partial charge on any atom is -0.322 e. The van der Waals surface area contributed by atoms with Gasteiger partial charge in [0.05, 0.1) is 10.5 Å². The Bertz CT molecular complexity index is 817. The van der Waals surface area contributed by atoms with E-state index in [1.807, 2.05) is 6.07 Å². The number of halogens is 1. The lowest BCUT2D eigenvalue weighted by atomic mass is 10.2. The predicted molar refractivity (Wildman–Crippen MR) is 93.9 cm³/mol. The number of carbonyl (C=O) groups excluding carboxylic acids is 1. The molecule has 2 aromatic carbocycles. The average molecular weight is 395 g/mol. The second-order valence-electron chi connectivity index (χ2n) is 4.60. The molecule has 0 aliphatic carbocycles. The minimum atomic E-state index is -3.57. The molecule has 0 fully saturated rings. The molecule has 0 spiro atoms. The molecule has 0 unspecified atom stereocenters. The largest absolute Gasteiger partial charge is 0.322 e. The van der Waals surface area contributed by atoms with Gasteiger partial charge in [-0.3, -0.25) is 4.79 Å². The van der Waals surface area contributed by atoms with Crippen LogP contribution in [0.15, 0.2) is 70.6 Å². The first-order valence-electron chi connectivity index (χ1n) is 6.70. The molecule has 2 N–H and O–H groups in total. The summed E-state index contributed by atoms with van der Waals surface area (Å²) >= 11 is 3.32. The van der Waals surface area contributed by atoms with Crippen molar-refractivity contribution >= 4 is 37.5 Å². The maximum absolute atomic E-state index is 12.2. The van der Waals surface area contributed by atoms with E-state index in [1.165, 1.54) is 30.3 Å². The summed E-state index contributed by atoms with van der Waals surface area (Å²) in [4.78, 5) is 12.3. The molecule has 0 aliphatic heterocycles. The third-order valence-corrected chi connectivity index (χ3v) is 5.09. The van der Waals surface area contributed by atoms with Crippen molar-refractivity contribution < 1.29 is 13.2 Å². The van der Waals surface area contributed by atoms with Gasteiger partial charge in [0.2, 0.25) is 10.0 Å². The van der Waals surface area contributed by atoms with Crippen LogP contribution in [0.3, 0.4) is 0 Å². The molecule has 120 valence electrons. The standard InChI is InChI=1S/C16H15BrN2O3S/c1-2-11-18-23(21,22)13-9-7-12(8-10-13)19-16(20)14-5-3-4-6-15(14)17/h2-10,18H,1,11H2,(H,19,20). The summed E-state index contributed by atoms with van der Waals surface area (Å²) in [7, 11) is -3.57. The summed E-state index contributed by atoms with van der Waals surface area (Å²) < 4.78 is 26.9. The molecule has 1 amide bonds. The van der Waals surface area contributed by atoms with Crippen LogP contribution in [0.25, 0.3) is 0 Å². The van der Waals surface area contributed by atoms with Crippen LogP contribution < -0.4 is 10.0 Å². The Kier molecular flexibility index (Phi) is 5.70. The molecule has 23 heavy (non-hydrogen) atoms. The minimum absolute atomic E-state index is 0.123. The molecule has 0 heterocycles. The fourth-order valence-corrected chi connectivity index (χ4v) is 3.28. The van der Waals surface area contributed by atoms with E-state index in [-0.39, 0.29) is 17.3 Å². The molecule has 2 rings (SSSR count). The van der Waals surface area contributed by atoms with Crippen LogP contribution in [0.4, 0.5) is 5.69 Å². The Balaban J connectivity index is 2.13. The van der Waals surface area contributed by atoms with Gasteiger partial charge in [0.15, 0.2) is 0 Å². The highest BCUT2D eigenvalue weighted by Crippen LogP contribution is 2.19. The molecular weight excluding hydrogens is 380 g/mol. The van der Waals surface area contributed by atoms with Crippen LogP contribution in [-0.4, -0.2) is 20.9 Å². The summed E-state index contributed by atoms with van der Waals surface area (Å²) in [5.41, 5.74) is 1.00. The third kappa shape index (κ3) is 4.51. The maximum atomic E-state index is 12.2. The first-order valence-corrected chi connectivity index (χ1v) is 8.98. The molecule has 0 saturated carbocycles. The summed E-state index contributed by atoms with van der Waals surface area (Å²) in [6, 6.07) is 13.0. The number of rotatable bonds is 6. The van der Waals surface area contributed by atoms with Crippen molar-refractivity contribution in [1.29, 1.82) is 0 Å². The lowest BCUT2D eigenvalue weighted by Gasteiger charge is -2.08. The van der Waals surface area contributed by atoms with Gasteiger partial charge in [-0.2, -0.15) is 0 Å². The number of benzene rings is 2. The zero-order valence-corrected chi connectivity index (χ0v) is 14.5.